The number of nitro groups is 1. The Labute approximate surface area is 128 Å². The summed E-state index contributed by atoms with van der Waals surface area (Å²) in [6.45, 7) is 5.28. The number of benzene rings is 1. The number of likely N-dealkylation sites (N-methyl/N-ethyl adjacent to an activating group) is 2. The van der Waals surface area contributed by atoms with Crippen molar-refractivity contribution in [1.29, 1.82) is 0 Å². The number of carbonyl (C=O) groups is 1. The maximum atomic E-state index is 11.7. The van der Waals surface area contributed by atoms with Crippen LogP contribution in [0.3, 0.4) is 0 Å². The van der Waals surface area contributed by atoms with Crippen LogP contribution in [0.25, 0.3) is 10.9 Å². The number of nitro benzene ring substituents is 1. The Morgan fingerprint density at radius 3 is 2.73 bits per heavy atom. The fraction of sp³-hybridized carbons (Fsp3) is 0.333. The fourth-order valence-corrected chi connectivity index (χ4v) is 2.17. The first-order chi connectivity index (χ1) is 10.5. The van der Waals surface area contributed by atoms with Gasteiger partial charge < -0.3 is 10.2 Å². The maximum absolute atomic E-state index is 11.7. The minimum atomic E-state index is -0.430. The van der Waals surface area contributed by atoms with Gasteiger partial charge in [0.05, 0.1) is 17.0 Å². The third-order valence-electron chi connectivity index (χ3n) is 3.28. The number of pyridine rings is 1. The summed E-state index contributed by atoms with van der Waals surface area (Å²) >= 11 is 0. The van der Waals surface area contributed by atoms with Gasteiger partial charge in [-0.25, -0.2) is 4.98 Å². The second kappa shape index (κ2) is 6.84. The topological polar surface area (TPSA) is 88.4 Å². The molecule has 7 heteroatoms. The molecule has 0 radical (unpaired) electrons. The van der Waals surface area contributed by atoms with Crippen molar-refractivity contribution in [1.82, 2.24) is 10.3 Å². The summed E-state index contributed by atoms with van der Waals surface area (Å²) in [4.78, 5) is 28.4. The highest BCUT2D eigenvalue weighted by Gasteiger charge is 2.12. The normalized spacial score (nSPS) is 10.5. The van der Waals surface area contributed by atoms with Gasteiger partial charge in [-0.3, -0.25) is 14.9 Å². The summed E-state index contributed by atoms with van der Waals surface area (Å²) in [5.74, 6) is 0.616. The van der Waals surface area contributed by atoms with Crippen LogP contribution in [0.2, 0.25) is 0 Å². The van der Waals surface area contributed by atoms with E-state index in [1.54, 1.807) is 18.2 Å². The van der Waals surface area contributed by atoms with Gasteiger partial charge in [-0.15, -0.1) is 0 Å². The number of carbonyl (C=O) groups excluding carboxylic acids is 1. The molecule has 0 fully saturated rings. The average Bonchev–Trinajstić information content (AvgIpc) is 2.51. The van der Waals surface area contributed by atoms with E-state index in [4.69, 9.17) is 0 Å². The first-order valence-corrected chi connectivity index (χ1v) is 7.12. The van der Waals surface area contributed by atoms with Gasteiger partial charge in [-0.1, -0.05) is 0 Å². The first kappa shape index (κ1) is 15.7. The lowest BCUT2D eigenvalue weighted by Crippen LogP contribution is -2.37. The van der Waals surface area contributed by atoms with E-state index in [1.165, 1.54) is 12.1 Å². The van der Waals surface area contributed by atoms with Gasteiger partial charge in [0.2, 0.25) is 5.91 Å². The molecule has 1 heterocycles. The Kier molecular flexibility index (Phi) is 4.88. The summed E-state index contributed by atoms with van der Waals surface area (Å²) in [6.07, 6.45) is 0. The van der Waals surface area contributed by atoms with Gasteiger partial charge >= 0.3 is 0 Å². The molecule has 0 atom stereocenters. The highest BCUT2D eigenvalue weighted by molar-refractivity contribution is 5.84. The van der Waals surface area contributed by atoms with E-state index >= 15 is 0 Å². The van der Waals surface area contributed by atoms with Crippen molar-refractivity contribution in [2.24, 2.45) is 0 Å². The van der Waals surface area contributed by atoms with Crippen LogP contribution in [-0.2, 0) is 4.79 Å². The van der Waals surface area contributed by atoms with Gasteiger partial charge in [-0.2, -0.15) is 0 Å². The third-order valence-corrected chi connectivity index (χ3v) is 3.28. The van der Waals surface area contributed by atoms with Gasteiger partial charge in [0.1, 0.15) is 5.82 Å². The number of amides is 1. The van der Waals surface area contributed by atoms with E-state index in [-0.39, 0.29) is 18.1 Å². The Bertz CT molecular complexity index is 702. The van der Waals surface area contributed by atoms with Crippen molar-refractivity contribution in [3.63, 3.8) is 0 Å². The molecule has 0 spiro atoms. The zero-order chi connectivity index (χ0) is 16.1. The number of aromatic nitrogens is 1. The Balaban J connectivity index is 2.29. The second-order valence-electron chi connectivity index (χ2n) is 4.77. The molecule has 1 amide bonds. The SMILES string of the molecule is CCNC(=O)CN(CC)c1ccc2cc([N+](=O)[O-])ccc2n1. The van der Waals surface area contributed by atoms with Gasteiger partial charge in [0.15, 0.2) is 0 Å². The van der Waals surface area contributed by atoms with E-state index in [0.717, 1.165) is 0 Å². The summed E-state index contributed by atoms with van der Waals surface area (Å²) in [5.41, 5.74) is 0.703. The molecule has 0 unspecified atom stereocenters. The summed E-state index contributed by atoms with van der Waals surface area (Å²) < 4.78 is 0. The lowest BCUT2D eigenvalue weighted by Gasteiger charge is -2.21. The van der Waals surface area contributed by atoms with Crippen molar-refractivity contribution in [3.8, 4) is 0 Å². The van der Waals surface area contributed by atoms with Crippen molar-refractivity contribution < 1.29 is 9.72 Å². The van der Waals surface area contributed by atoms with E-state index in [2.05, 4.69) is 10.3 Å². The lowest BCUT2D eigenvalue weighted by atomic mass is 10.2. The zero-order valence-electron chi connectivity index (χ0n) is 12.6. The number of anilines is 1. The van der Waals surface area contributed by atoms with Crippen LogP contribution in [0.1, 0.15) is 13.8 Å². The van der Waals surface area contributed by atoms with E-state index in [9.17, 15) is 14.9 Å². The highest BCUT2D eigenvalue weighted by atomic mass is 16.6. The zero-order valence-corrected chi connectivity index (χ0v) is 12.6. The number of hydrogen-bond donors (Lipinski definition) is 1. The average molecular weight is 302 g/mol. The van der Waals surface area contributed by atoms with Crippen molar-refractivity contribution in [2.45, 2.75) is 13.8 Å². The van der Waals surface area contributed by atoms with E-state index in [0.29, 0.717) is 29.8 Å². The molecule has 22 heavy (non-hydrogen) atoms. The molecule has 116 valence electrons. The molecule has 2 aromatic rings. The highest BCUT2D eigenvalue weighted by Crippen LogP contribution is 2.22. The largest absolute Gasteiger partial charge is 0.355 e. The fourth-order valence-electron chi connectivity index (χ4n) is 2.17. The number of nitrogens with one attached hydrogen (secondary N) is 1. The molecular weight excluding hydrogens is 284 g/mol. The molecule has 0 aliphatic carbocycles. The Morgan fingerprint density at radius 2 is 2.09 bits per heavy atom. The van der Waals surface area contributed by atoms with Gasteiger partial charge in [-0.05, 0) is 32.0 Å². The van der Waals surface area contributed by atoms with Crippen LogP contribution < -0.4 is 10.2 Å². The molecule has 1 aromatic carbocycles. The minimum Gasteiger partial charge on any atom is -0.355 e. The molecule has 0 saturated heterocycles. The van der Waals surface area contributed by atoms with Crippen LogP contribution in [-0.4, -0.2) is 35.4 Å². The van der Waals surface area contributed by atoms with Gasteiger partial charge in [0.25, 0.3) is 5.69 Å². The number of non-ortho nitro benzene ring substituents is 1. The van der Waals surface area contributed by atoms with Crippen LogP contribution in [0.5, 0.6) is 0 Å². The number of hydrogen-bond acceptors (Lipinski definition) is 5. The van der Waals surface area contributed by atoms with Crippen LogP contribution >= 0.6 is 0 Å². The molecular formula is C15H18N4O3. The second-order valence-corrected chi connectivity index (χ2v) is 4.77. The predicted molar refractivity (Wildman–Crippen MR) is 85.0 cm³/mol. The molecule has 0 aliphatic heterocycles. The van der Waals surface area contributed by atoms with Crippen LogP contribution in [0, 0.1) is 10.1 Å². The standard InChI is InChI=1S/C15H18N4O3/c1-3-16-15(20)10-18(4-2)14-8-5-11-9-12(19(21)22)6-7-13(11)17-14/h5-9H,3-4,10H2,1-2H3,(H,16,20). The summed E-state index contributed by atoms with van der Waals surface area (Å²) in [6, 6.07) is 8.10. The number of rotatable bonds is 6. The Morgan fingerprint density at radius 1 is 1.32 bits per heavy atom. The quantitative estimate of drug-likeness (QED) is 0.652. The van der Waals surface area contributed by atoms with E-state index < -0.39 is 4.92 Å². The van der Waals surface area contributed by atoms with E-state index in [1.807, 2.05) is 18.7 Å². The summed E-state index contributed by atoms with van der Waals surface area (Å²) in [7, 11) is 0. The predicted octanol–water partition coefficient (Wildman–Crippen LogP) is 2.11. The van der Waals surface area contributed by atoms with Crippen molar-refractivity contribution in [2.75, 3.05) is 24.5 Å². The number of fused-ring (bicyclic) bond motifs is 1. The van der Waals surface area contributed by atoms with Crippen LogP contribution in [0.15, 0.2) is 30.3 Å². The molecule has 0 saturated carbocycles. The molecule has 1 N–H and O–H groups in total. The number of nitrogens with zero attached hydrogens (tertiary/aromatic N) is 3. The lowest BCUT2D eigenvalue weighted by molar-refractivity contribution is -0.384. The monoisotopic (exact) mass is 302 g/mol. The third kappa shape index (κ3) is 3.49. The summed E-state index contributed by atoms with van der Waals surface area (Å²) in [5, 5.41) is 14.2. The first-order valence-electron chi connectivity index (χ1n) is 7.12. The maximum Gasteiger partial charge on any atom is 0.270 e. The minimum absolute atomic E-state index is 0.0386. The molecule has 2 rings (SSSR count). The Hall–Kier alpha value is -2.70. The smallest absolute Gasteiger partial charge is 0.270 e. The molecule has 1 aromatic heterocycles. The van der Waals surface area contributed by atoms with Gasteiger partial charge in [0, 0.05) is 30.6 Å². The molecule has 7 nitrogen and oxygen atoms in total. The molecule has 0 aliphatic rings. The molecule has 0 bridgehead atoms. The van der Waals surface area contributed by atoms with Crippen molar-refractivity contribution >= 4 is 28.3 Å². The van der Waals surface area contributed by atoms with Crippen LogP contribution in [0.4, 0.5) is 11.5 Å². The van der Waals surface area contributed by atoms with Crippen molar-refractivity contribution in [3.05, 3.63) is 40.4 Å².